The molecule has 0 saturated carbocycles. The molecule has 1 aromatic carbocycles. The molecule has 1 unspecified atom stereocenters. The predicted molar refractivity (Wildman–Crippen MR) is 68.4 cm³/mol. The third kappa shape index (κ3) is 2.10. The number of urea groups is 2. The van der Waals surface area contributed by atoms with Crippen molar-refractivity contribution in [3.63, 3.8) is 0 Å². The van der Waals surface area contributed by atoms with E-state index in [9.17, 15) is 22.8 Å². The van der Waals surface area contributed by atoms with Crippen LogP contribution >= 0.6 is 0 Å². The summed E-state index contributed by atoms with van der Waals surface area (Å²) in [6.07, 6.45) is -4.87. The van der Waals surface area contributed by atoms with Gasteiger partial charge in [-0.1, -0.05) is 29.8 Å². The highest BCUT2D eigenvalue weighted by Crippen LogP contribution is 2.43. The molecule has 1 saturated heterocycles. The molecule has 0 aromatic heterocycles. The Balaban J connectivity index is 2.66. The van der Waals surface area contributed by atoms with Crippen molar-refractivity contribution in [3.8, 4) is 0 Å². The molecule has 0 aliphatic carbocycles. The summed E-state index contributed by atoms with van der Waals surface area (Å²) in [4.78, 5) is 24.7. The van der Waals surface area contributed by atoms with Gasteiger partial charge in [-0.2, -0.15) is 13.2 Å². The van der Waals surface area contributed by atoms with Gasteiger partial charge >= 0.3 is 18.2 Å². The first-order chi connectivity index (χ1) is 9.61. The highest BCUT2D eigenvalue weighted by atomic mass is 19.4. The van der Waals surface area contributed by atoms with Gasteiger partial charge in [0.25, 0.3) is 0 Å². The zero-order valence-electron chi connectivity index (χ0n) is 11.7. The molecule has 21 heavy (non-hydrogen) atoms. The summed E-state index contributed by atoms with van der Waals surface area (Å²) >= 11 is 0. The second-order valence-electron chi connectivity index (χ2n) is 4.90. The van der Waals surface area contributed by atoms with Gasteiger partial charge in [-0.25, -0.2) is 14.5 Å². The van der Waals surface area contributed by atoms with Crippen molar-refractivity contribution in [1.29, 1.82) is 0 Å². The Kier molecular flexibility index (Phi) is 3.35. The molecule has 1 atom stereocenters. The van der Waals surface area contributed by atoms with Gasteiger partial charge < -0.3 is 5.32 Å². The first-order valence-corrected chi connectivity index (χ1v) is 6.09. The number of carbonyl (C=O) groups is 2. The van der Waals surface area contributed by atoms with Crippen LogP contribution in [-0.4, -0.2) is 42.1 Å². The van der Waals surface area contributed by atoms with Crippen molar-refractivity contribution in [2.75, 3.05) is 14.1 Å². The average molecular weight is 301 g/mol. The fraction of sp³-hybridized carbons (Fsp3) is 0.385. The number of hydrogen-bond acceptors (Lipinski definition) is 2. The Bertz CT molecular complexity index is 585. The molecule has 4 amide bonds. The molecule has 0 spiro atoms. The second kappa shape index (κ2) is 4.64. The second-order valence-corrected chi connectivity index (χ2v) is 4.90. The number of amides is 4. The van der Waals surface area contributed by atoms with E-state index in [2.05, 4.69) is 0 Å². The van der Waals surface area contributed by atoms with Crippen LogP contribution in [0.4, 0.5) is 22.8 Å². The predicted octanol–water partition coefficient (Wildman–Crippen LogP) is 2.42. The van der Waals surface area contributed by atoms with Gasteiger partial charge in [0.15, 0.2) is 0 Å². The van der Waals surface area contributed by atoms with Gasteiger partial charge in [0.2, 0.25) is 5.66 Å². The van der Waals surface area contributed by atoms with Crippen molar-refractivity contribution in [2.24, 2.45) is 0 Å². The Morgan fingerprint density at radius 3 is 2.10 bits per heavy atom. The number of carbonyl (C=O) groups excluding carboxylic acids is 2. The zero-order valence-corrected chi connectivity index (χ0v) is 11.7. The van der Waals surface area contributed by atoms with Crippen LogP contribution in [0.3, 0.4) is 0 Å². The van der Waals surface area contributed by atoms with Crippen LogP contribution in [0.5, 0.6) is 0 Å². The minimum Gasteiger partial charge on any atom is -0.303 e. The van der Waals surface area contributed by atoms with Crippen LogP contribution in [-0.2, 0) is 5.66 Å². The number of rotatable bonds is 1. The van der Waals surface area contributed by atoms with Crippen LogP contribution in [0.1, 0.15) is 11.1 Å². The molecule has 0 bridgehead atoms. The fourth-order valence-electron chi connectivity index (χ4n) is 2.26. The molecule has 1 N–H and O–H groups in total. The summed E-state index contributed by atoms with van der Waals surface area (Å²) in [6, 6.07) is 3.35. The van der Waals surface area contributed by atoms with Crippen LogP contribution in [0.25, 0.3) is 0 Å². The topological polar surface area (TPSA) is 52.7 Å². The number of alkyl halides is 3. The lowest BCUT2D eigenvalue weighted by atomic mass is 9.95. The number of nitrogens with one attached hydrogen (secondary N) is 1. The van der Waals surface area contributed by atoms with Crippen LogP contribution < -0.4 is 5.32 Å². The Morgan fingerprint density at radius 1 is 1.10 bits per heavy atom. The molecule has 114 valence electrons. The minimum absolute atomic E-state index is 0.224. The van der Waals surface area contributed by atoms with E-state index in [1.54, 1.807) is 6.92 Å². The van der Waals surface area contributed by atoms with Crippen molar-refractivity contribution >= 4 is 12.1 Å². The summed E-state index contributed by atoms with van der Waals surface area (Å²) in [6.45, 7) is 1.73. The lowest BCUT2D eigenvalue weighted by Crippen LogP contribution is -2.73. The highest BCUT2D eigenvalue weighted by molar-refractivity contribution is 5.96. The molecule has 1 aliphatic heterocycles. The summed E-state index contributed by atoms with van der Waals surface area (Å²) in [7, 11) is 2.12. The third-order valence-corrected chi connectivity index (χ3v) is 3.55. The average Bonchev–Trinajstić information content (AvgIpc) is 2.40. The molecule has 0 radical (unpaired) electrons. The van der Waals surface area contributed by atoms with Gasteiger partial charge in [0.1, 0.15) is 0 Å². The van der Waals surface area contributed by atoms with E-state index in [0.29, 0.717) is 9.80 Å². The van der Waals surface area contributed by atoms with E-state index >= 15 is 0 Å². The van der Waals surface area contributed by atoms with Crippen molar-refractivity contribution in [3.05, 3.63) is 35.4 Å². The van der Waals surface area contributed by atoms with Crippen LogP contribution in [0, 0.1) is 6.92 Å². The van der Waals surface area contributed by atoms with Gasteiger partial charge in [-0.05, 0) is 6.92 Å². The quantitative estimate of drug-likeness (QED) is 0.866. The Morgan fingerprint density at radius 2 is 1.62 bits per heavy atom. The molecule has 1 aliphatic rings. The summed E-state index contributed by atoms with van der Waals surface area (Å²) in [5, 5.41) is 1.90. The monoisotopic (exact) mass is 301 g/mol. The van der Waals surface area contributed by atoms with Gasteiger partial charge in [-0.3, -0.25) is 4.90 Å². The van der Waals surface area contributed by atoms with Crippen LogP contribution in [0.2, 0.25) is 0 Å². The number of hydrogen-bond donors (Lipinski definition) is 1. The Hall–Kier alpha value is -2.25. The summed E-state index contributed by atoms with van der Waals surface area (Å²) in [5.74, 6) is 0. The fourth-order valence-corrected chi connectivity index (χ4v) is 2.26. The Labute approximate surface area is 119 Å². The smallest absolute Gasteiger partial charge is 0.303 e. The molecule has 1 aromatic rings. The maximum atomic E-state index is 13.7. The SMILES string of the molecule is Cc1ccc(C2(C(F)(F)F)NC(=O)N(C)C(=O)N2C)cc1. The molecule has 1 heterocycles. The first kappa shape index (κ1) is 15.1. The number of aryl methyl sites for hydroxylation is 1. The normalized spacial score (nSPS) is 23.3. The maximum Gasteiger partial charge on any atom is 0.435 e. The van der Waals surface area contributed by atoms with Gasteiger partial charge in [0.05, 0.1) is 0 Å². The lowest BCUT2D eigenvalue weighted by molar-refractivity contribution is -0.237. The molecule has 5 nitrogen and oxygen atoms in total. The van der Waals surface area contributed by atoms with E-state index < -0.39 is 23.9 Å². The number of benzene rings is 1. The van der Waals surface area contributed by atoms with E-state index in [0.717, 1.165) is 19.7 Å². The summed E-state index contributed by atoms with van der Waals surface area (Å²) in [5.41, 5.74) is -2.33. The largest absolute Gasteiger partial charge is 0.435 e. The number of halogens is 3. The lowest BCUT2D eigenvalue weighted by Gasteiger charge is -2.48. The van der Waals surface area contributed by atoms with E-state index in [1.807, 2.05) is 5.32 Å². The molecule has 1 fully saturated rings. The number of nitrogens with zero attached hydrogens (tertiary/aromatic N) is 2. The maximum absolute atomic E-state index is 13.7. The van der Waals surface area contributed by atoms with Gasteiger partial charge in [0, 0.05) is 19.7 Å². The number of imide groups is 1. The zero-order chi connectivity index (χ0) is 16.0. The molecule has 8 heteroatoms. The van der Waals surface area contributed by atoms with E-state index in [4.69, 9.17) is 0 Å². The third-order valence-electron chi connectivity index (χ3n) is 3.55. The first-order valence-electron chi connectivity index (χ1n) is 6.09. The molecular formula is C13H14F3N3O2. The standard InChI is InChI=1S/C13H14F3N3O2/c1-8-4-6-9(7-5-8)12(13(14,15)16)17-10(20)18(2)11(21)19(12)3/h4-7H,1-3H3,(H,17,20). The highest BCUT2D eigenvalue weighted by Gasteiger charge is 2.64. The van der Waals surface area contributed by atoms with E-state index in [1.165, 1.54) is 24.3 Å². The van der Waals surface area contributed by atoms with E-state index in [-0.39, 0.29) is 5.56 Å². The van der Waals surface area contributed by atoms with Crippen molar-refractivity contribution in [1.82, 2.24) is 15.1 Å². The summed E-state index contributed by atoms with van der Waals surface area (Å²) < 4.78 is 41.0. The van der Waals surface area contributed by atoms with Crippen molar-refractivity contribution in [2.45, 2.75) is 18.8 Å². The molecular weight excluding hydrogens is 287 g/mol. The minimum atomic E-state index is -4.87. The van der Waals surface area contributed by atoms with Crippen LogP contribution in [0.15, 0.2) is 24.3 Å². The molecule has 2 rings (SSSR count). The van der Waals surface area contributed by atoms with Gasteiger partial charge in [-0.15, -0.1) is 0 Å². The van der Waals surface area contributed by atoms with Crippen molar-refractivity contribution < 1.29 is 22.8 Å².